The summed E-state index contributed by atoms with van der Waals surface area (Å²) in [6, 6.07) is 8.77. The Kier molecular flexibility index (Phi) is 4.23. The molecule has 0 unspecified atom stereocenters. The van der Waals surface area contributed by atoms with Crippen molar-refractivity contribution in [1.82, 2.24) is 24.3 Å². The van der Waals surface area contributed by atoms with Crippen molar-refractivity contribution in [3.05, 3.63) is 81.5 Å². The maximum atomic E-state index is 13.1. The van der Waals surface area contributed by atoms with Crippen LogP contribution in [-0.2, 0) is 6.54 Å². The molecule has 0 aliphatic carbocycles. The van der Waals surface area contributed by atoms with Crippen molar-refractivity contribution in [2.75, 3.05) is 7.05 Å². The van der Waals surface area contributed by atoms with Gasteiger partial charge in [-0.05, 0) is 36.2 Å². The van der Waals surface area contributed by atoms with Crippen LogP contribution in [0.3, 0.4) is 0 Å². The highest BCUT2D eigenvalue weighted by Crippen LogP contribution is 2.14. The lowest BCUT2D eigenvalue weighted by atomic mass is 10.1. The van der Waals surface area contributed by atoms with Crippen LogP contribution in [0, 0.1) is 12.3 Å². The second-order valence-corrected chi connectivity index (χ2v) is 6.47. The first-order chi connectivity index (χ1) is 13.5. The van der Waals surface area contributed by atoms with Gasteiger partial charge >= 0.3 is 0 Å². The van der Waals surface area contributed by atoms with E-state index in [9.17, 15) is 9.59 Å². The Bertz CT molecular complexity index is 1340. The van der Waals surface area contributed by atoms with E-state index in [0.29, 0.717) is 11.3 Å². The fraction of sp³-hybridized carbons (Fsp3) is 0.150. The van der Waals surface area contributed by atoms with Crippen molar-refractivity contribution in [2.24, 2.45) is 0 Å². The average molecular weight is 374 g/mol. The lowest BCUT2D eigenvalue weighted by Gasteiger charge is -2.14. The highest BCUT2D eigenvalue weighted by Gasteiger charge is 2.17. The Hall–Kier alpha value is -3.81. The van der Waals surface area contributed by atoms with Crippen LogP contribution in [0.4, 0.5) is 0 Å². The summed E-state index contributed by atoms with van der Waals surface area (Å²) in [6.45, 7) is 2.14. The molecule has 8 nitrogen and oxygen atoms in total. The van der Waals surface area contributed by atoms with Crippen LogP contribution in [0.15, 0.2) is 53.7 Å². The van der Waals surface area contributed by atoms with Gasteiger partial charge in [0.25, 0.3) is 11.5 Å². The van der Waals surface area contributed by atoms with Gasteiger partial charge in [-0.15, -0.1) is 0 Å². The van der Waals surface area contributed by atoms with Gasteiger partial charge in [-0.3, -0.25) is 24.4 Å². The molecular formula is C20H18N6O2. The van der Waals surface area contributed by atoms with Crippen LogP contribution in [0.1, 0.15) is 21.5 Å². The molecule has 8 heteroatoms. The molecule has 4 heterocycles. The summed E-state index contributed by atoms with van der Waals surface area (Å²) in [6.07, 6.45) is 5.00. The van der Waals surface area contributed by atoms with E-state index in [1.54, 1.807) is 35.3 Å². The molecule has 0 aromatic carbocycles. The first-order valence-electron chi connectivity index (χ1n) is 8.72. The van der Waals surface area contributed by atoms with Gasteiger partial charge in [0.1, 0.15) is 16.8 Å². The fourth-order valence-corrected chi connectivity index (χ4v) is 3.23. The van der Waals surface area contributed by atoms with Gasteiger partial charge in [-0.25, -0.2) is 4.98 Å². The largest absolute Gasteiger partial charge is 0.355 e. The molecule has 4 aromatic rings. The normalized spacial score (nSPS) is 11.1. The molecule has 140 valence electrons. The van der Waals surface area contributed by atoms with E-state index < -0.39 is 5.91 Å². The molecule has 2 N–H and O–H groups in total. The second-order valence-electron chi connectivity index (χ2n) is 6.47. The molecule has 0 fully saturated rings. The first kappa shape index (κ1) is 17.6. The molecule has 28 heavy (non-hydrogen) atoms. The number of fused-ring (bicyclic) bond motifs is 2. The molecular weight excluding hydrogens is 356 g/mol. The van der Waals surface area contributed by atoms with E-state index in [2.05, 4.69) is 15.3 Å². The molecule has 0 aliphatic heterocycles. The number of nitrogens with one attached hydrogen (secondary N) is 2. The maximum Gasteiger partial charge on any atom is 0.267 e. The second kappa shape index (κ2) is 6.73. The van der Waals surface area contributed by atoms with Gasteiger partial charge in [-0.1, -0.05) is 12.1 Å². The number of carbonyl (C=O) groups excluding carboxylic acids is 1. The third-order valence-electron chi connectivity index (χ3n) is 4.67. The van der Waals surface area contributed by atoms with E-state index in [4.69, 9.17) is 5.41 Å². The number of hydrogen-bond acceptors (Lipinski definition) is 5. The zero-order valence-corrected chi connectivity index (χ0v) is 15.4. The lowest BCUT2D eigenvalue weighted by molar-refractivity contribution is 0.0960. The minimum Gasteiger partial charge on any atom is -0.355 e. The Morgan fingerprint density at radius 3 is 2.79 bits per heavy atom. The molecule has 0 radical (unpaired) electrons. The highest BCUT2D eigenvalue weighted by molar-refractivity contribution is 5.96. The number of rotatable bonds is 3. The van der Waals surface area contributed by atoms with Crippen molar-refractivity contribution in [1.29, 1.82) is 5.41 Å². The Morgan fingerprint density at radius 1 is 1.25 bits per heavy atom. The van der Waals surface area contributed by atoms with Gasteiger partial charge in [0, 0.05) is 25.6 Å². The number of aromatic nitrogens is 4. The molecule has 1 amide bonds. The van der Waals surface area contributed by atoms with E-state index in [1.165, 1.54) is 17.5 Å². The van der Waals surface area contributed by atoms with Gasteiger partial charge in [0.2, 0.25) is 0 Å². The Balaban J connectivity index is 2.14. The Morgan fingerprint density at radius 2 is 2.07 bits per heavy atom. The predicted octanol–water partition coefficient (Wildman–Crippen LogP) is 1.24. The summed E-state index contributed by atoms with van der Waals surface area (Å²) < 4.78 is 3.04. The molecule has 0 atom stereocenters. The number of hydrogen-bond donors (Lipinski definition) is 2. The lowest BCUT2D eigenvalue weighted by Crippen LogP contribution is -2.34. The van der Waals surface area contributed by atoms with Crippen LogP contribution in [0.5, 0.6) is 0 Å². The smallest absolute Gasteiger partial charge is 0.267 e. The van der Waals surface area contributed by atoms with Gasteiger partial charge in [0.05, 0.1) is 17.5 Å². The molecule has 0 aliphatic rings. The summed E-state index contributed by atoms with van der Waals surface area (Å²) in [7, 11) is 1.49. The summed E-state index contributed by atoms with van der Waals surface area (Å²) in [5.41, 5.74) is 2.38. The van der Waals surface area contributed by atoms with Crippen LogP contribution in [0.25, 0.3) is 16.7 Å². The summed E-state index contributed by atoms with van der Waals surface area (Å²) in [4.78, 5) is 34.2. The molecule has 4 aromatic heterocycles. The molecule has 0 saturated heterocycles. The molecule has 0 bridgehead atoms. The van der Waals surface area contributed by atoms with Crippen LogP contribution < -0.4 is 16.4 Å². The van der Waals surface area contributed by atoms with Gasteiger partial charge < -0.3 is 9.88 Å². The van der Waals surface area contributed by atoms with Crippen molar-refractivity contribution in [3.8, 4) is 0 Å². The summed E-state index contributed by atoms with van der Waals surface area (Å²) in [5, 5.41) is 11.4. The molecule has 4 rings (SSSR count). The third kappa shape index (κ3) is 2.75. The maximum absolute atomic E-state index is 13.1. The van der Waals surface area contributed by atoms with Gasteiger partial charge in [0.15, 0.2) is 0 Å². The van der Waals surface area contributed by atoms with E-state index >= 15 is 0 Å². The van der Waals surface area contributed by atoms with Crippen LogP contribution in [-0.4, -0.2) is 31.9 Å². The summed E-state index contributed by atoms with van der Waals surface area (Å²) in [5.74, 6) is -0.430. The minimum atomic E-state index is -0.430. The average Bonchev–Trinajstić information content (AvgIpc) is 2.71. The zero-order chi connectivity index (χ0) is 19.8. The fourth-order valence-electron chi connectivity index (χ4n) is 3.23. The van der Waals surface area contributed by atoms with Crippen molar-refractivity contribution in [3.63, 3.8) is 0 Å². The zero-order valence-electron chi connectivity index (χ0n) is 15.4. The monoisotopic (exact) mass is 374 g/mol. The molecule has 0 saturated carbocycles. The SMILES string of the molecule is CNC(=O)c1cc2c(=O)n3cccc(C)c3nc2n(Cc2cccnc2)c1=N. The number of nitrogens with zero attached hydrogens (tertiary/aromatic N) is 4. The number of aryl methyl sites for hydroxylation is 1. The van der Waals surface area contributed by atoms with E-state index in [-0.39, 0.29) is 28.5 Å². The van der Waals surface area contributed by atoms with Crippen LogP contribution in [0.2, 0.25) is 0 Å². The minimum absolute atomic E-state index is 0.0134. The third-order valence-corrected chi connectivity index (χ3v) is 4.67. The van der Waals surface area contributed by atoms with Crippen molar-refractivity contribution < 1.29 is 4.79 Å². The molecule has 0 spiro atoms. The predicted molar refractivity (Wildman–Crippen MR) is 104 cm³/mol. The van der Waals surface area contributed by atoms with Crippen molar-refractivity contribution in [2.45, 2.75) is 13.5 Å². The van der Waals surface area contributed by atoms with Crippen molar-refractivity contribution >= 4 is 22.6 Å². The van der Waals surface area contributed by atoms with E-state index in [1.807, 2.05) is 19.1 Å². The number of pyridine rings is 3. The first-order valence-corrected chi connectivity index (χ1v) is 8.72. The topological polar surface area (TPSA) is 105 Å². The Labute approximate surface area is 159 Å². The highest BCUT2D eigenvalue weighted by atomic mass is 16.1. The van der Waals surface area contributed by atoms with Crippen LogP contribution >= 0.6 is 0 Å². The summed E-state index contributed by atoms with van der Waals surface area (Å²) >= 11 is 0. The standard InChI is InChI=1S/C20H18N6O2/c1-12-5-4-8-25-17(12)24-18-15(20(25)28)9-14(19(27)22-2)16(21)26(18)11-13-6-3-7-23-10-13/h3-10,21H,11H2,1-2H3,(H,22,27). The number of carbonyl (C=O) groups is 1. The quantitative estimate of drug-likeness (QED) is 0.526. The number of amides is 1. The van der Waals surface area contributed by atoms with Gasteiger partial charge in [-0.2, -0.15) is 0 Å². The van der Waals surface area contributed by atoms with E-state index in [0.717, 1.165) is 11.1 Å².